The maximum absolute atomic E-state index is 12.3. The monoisotopic (exact) mass is 396 g/mol. The van der Waals surface area contributed by atoms with E-state index in [0.717, 1.165) is 0 Å². The lowest BCUT2D eigenvalue weighted by molar-refractivity contribution is -0.125. The van der Waals surface area contributed by atoms with Gasteiger partial charge in [-0.1, -0.05) is 6.92 Å². The Morgan fingerprint density at radius 3 is 1.21 bits per heavy atom. The summed E-state index contributed by atoms with van der Waals surface area (Å²) in [6, 6.07) is -1.29. The largest absolute Gasteiger partial charge is 0.352 e. The fourth-order valence-electron chi connectivity index (χ4n) is 3.07. The van der Waals surface area contributed by atoms with E-state index in [9.17, 15) is 28.8 Å². The average Bonchev–Trinajstić information content (AvgIpc) is 2.42. The maximum Gasteiger partial charge on any atom is 0.222 e. The van der Waals surface area contributed by atoms with Gasteiger partial charge in [0.2, 0.25) is 11.8 Å². The highest BCUT2D eigenvalue weighted by Gasteiger charge is 2.22. The van der Waals surface area contributed by atoms with Crippen LogP contribution in [-0.2, 0) is 28.8 Å². The number of carbonyl (C=O) groups is 6. The van der Waals surface area contributed by atoms with Gasteiger partial charge in [-0.3, -0.25) is 24.0 Å². The molecule has 0 aromatic carbocycles. The smallest absolute Gasteiger partial charge is 0.222 e. The van der Waals surface area contributed by atoms with Crippen LogP contribution < -0.4 is 10.6 Å². The summed E-state index contributed by atoms with van der Waals surface area (Å²) >= 11 is 0. The molecule has 8 nitrogen and oxygen atoms in total. The van der Waals surface area contributed by atoms with Crippen molar-refractivity contribution in [3.8, 4) is 0 Å². The lowest BCUT2D eigenvalue weighted by Gasteiger charge is -2.21. The molecule has 0 aromatic heterocycles. The topological polar surface area (TPSA) is 126 Å². The van der Waals surface area contributed by atoms with E-state index in [1.165, 1.54) is 27.7 Å². The molecule has 0 heterocycles. The summed E-state index contributed by atoms with van der Waals surface area (Å²) in [5.74, 6) is -1.42. The number of hydrogen-bond acceptors (Lipinski definition) is 6. The van der Waals surface area contributed by atoms with Crippen molar-refractivity contribution in [2.75, 3.05) is 0 Å². The van der Waals surface area contributed by atoms with Gasteiger partial charge in [0.15, 0.2) is 0 Å². The van der Waals surface area contributed by atoms with E-state index in [4.69, 9.17) is 0 Å². The first-order valence-electron chi connectivity index (χ1n) is 9.45. The fraction of sp³-hybridized carbons (Fsp3) is 0.700. The van der Waals surface area contributed by atoms with Crippen LogP contribution in [0.25, 0.3) is 0 Å². The molecule has 0 radical (unpaired) electrons. The van der Waals surface area contributed by atoms with Gasteiger partial charge in [-0.15, -0.1) is 0 Å². The number of carbonyl (C=O) groups excluding carboxylic acids is 6. The third kappa shape index (κ3) is 13.8. The quantitative estimate of drug-likeness (QED) is 0.455. The van der Waals surface area contributed by atoms with E-state index in [2.05, 4.69) is 10.6 Å². The minimum absolute atomic E-state index is 0.00959. The molecule has 0 fully saturated rings. The highest BCUT2D eigenvalue weighted by molar-refractivity contribution is 5.85. The molecule has 28 heavy (non-hydrogen) atoms. The zero-order valence-corrected chi connectivity index (χ0v) is 17.4. The van der Waals surface area contributed by atoms with Gasteiger partial charge >= 0.3 is 0 Å². The molecule has 158 valence electrons. The van der Waals surface area contributed by atoms with Gasteiger partial charge in [-0.05, 0) is 33.6 Å². The highest BCUT2D eigenvalue weighted by atomic mass is 16.2. The lowest BCUT2D eigenvalue weighted by Crippen LogP contribution is -2.43. The Balaban J connectivity index is 4.86. The summed E-state index contributed by atoms with van der Waals surface area (Å²) < 4.78 is 0. The molecule has 0 aliphatic rings. The van der Waals surface area contributed by atoms with Crippen LogP contribution in [-0.4, -0.2) is 47.0 Å². The van der Waals surface area contributed by atoms with Crippen LogP contribution >= 0.6 is 0 Å². The van der Waals surface area contributed by atoms with Gasteiger partial charge in [-0.2, -0.15) is 0 Å². The number of rotatable bonds is 14. The van der Waals surface area contributed by atoms with Crippen LogP contribution in [0.3, 0.4) is 0 Å². The summed E-state index contributed by atoms with van der Waals surface area (Å²) in [6.07, 6.45) is 0.328. The standard InChI is InChI=1S/C20H32N2O6/c1-12(6-13(2)23)7-19(27)22-18(10-16(5)26)11-20(28)21-17(8-14(3)24)9-15(4)25/h12,17-18H,6-11H2,1-5H3,(H,21,28)(H,22,27). The minimum atomic E-state index is -0.690. The molecule has 0 aromatic rings. The zero-order chi connectivity index (χ0) is 21.9. The van der Waals surface area contributed by atoms with Crippen molar-refractivity contribution in [1.29, 1.82) is 0 Å². The molecule has 0 bridgehead atoms. The van der Waals surface area contributed by atoms with E-state index in [0.29, 0.717) is 0 Å². The molecule has 0 rings (SSSR count). The Bertz CT molecular complexity index is 598. The van der Waals surface area contributed by atoms with Crippen molar-refractivity contribution in [2.45, 2.75) is 85.2 Å². The number of Topliss-reactive ketones (excluding diaryl/α,β-unsaturated/α-hetero) is 4. The molecule has 2 amide bonds. The van der Waals surface area contributed by atoms with Gasteiger partial charge in [0.1, 0.15) is 23.1 Å². The van der Waals surface area contributed by atoms with Crippen LogP contribution in [0.15, 0.2) is 0 Å². The summed E-state index contributed by atoms with van der Waals surface area (Å²) in [4.78, 5) is 69.7. The normalized spacial score (nSPS) is 12.8. The molecule has 0 saturated carbocycles. The number of amides is 2. The van der Waals surface area contributed by atoms with Gasteiger partial charge in [-0.25, -0.2) is 0 Å². The molecule has 8 heteroatoms. The van der Waals surface area contributed by atoms with Gasteiger partial charge in [0.25, 0.3) is 0 Å². The van der Waals surface area contributed by atoms with Crippen molar-refractivity contribution < 1.29 is 28.8 Å². The Kier molecular flexibility index (Phi) is 11.8. The molecule has 0 spiro atoms. The number of ketones is 4. The Morgan fingerprint density at radius 2 is 0.857 bits per heavy atom. The van der Waals surface area contributed by atoms with Crippen LogP contribution in [0, 0.1) is 5.92 Å². The zero-order valence-electron chi connectivity index (χ0n) is 17.4. The maximum atomic E-state index is 12.3. The summed E-state index contributed by atoms with van der Waals surface area (Å²) in [7, 11) is 0. The third-order valence-electron chi connectivity index (χ3n) is 3.93. The second kappa shape index (κ2) is 12.9. The minimum Gasteiger partial charge on any atom is -0.352 e. The van der Waals surface area contributed by atoms with Gasteiger partial charge in [0.05, 0.1) is 0 Å². The SMILES string of the molecule is CC(=O)CC(C)CC(=O)NC(CC(C)=O)CC(=O)NC(CC(C)=O)CC(C)=O. The van der Waals surface area contributed by atoms with E-state index < -0.39 is 18.0 Å². The van der Waals surface area contributed by atoms with Crippen LogP contribution in [0.4, 0.5) is 0 Å². The molecule has 2 unspecified atom stereocenters. The molecule has 0 aliphatic heterocycles. The van der Waals surface area contributed by atoms with E-state index in [1.54, 1.807) is 6.92 Å². The summed E-state index contributed by atoms with van der Waals surface area (Å²) in [6.45, 7) is 7.35. The number of nitrogens with one attached hydrogen (secondary N) is 2. The van der Waals surface area contributed by atoms with Gasteiger partial charge < -0.3 is 15.4 Å². The first kappa shape index (κ1) is 25.6. The van der Waals surface area contributed by atoms with E-state index in [1.807, 2.05) is 0 Å². The van der Waals surface area contributed by atoms with E-state index >= 15 is 0 Å². The van der Waals surface area contributed by atoms with Crippen molar-refractivity contribution in [1.82, 2.24) is 10.6 Å². The first-order valence-corrected chi connectivity index (χ1v) is 9.45. The van der Waals surface area contributed by atoms with Crippen molar-refractivity contribution >= 4 is 34.9 Å². The van der Waals surface area contributed by atoms with Crippen molar-refractivity contribution in [3.63, 3.8) is 0 Å². The van der Waals surface area contributed by atoms with Crippen LogP contribution in [0.1, 0.15) is 73.1 Å². The molecular weight excluding hydrogens is 364 g/mol. The molecule has 0 aliphatic carbocycles. The predicted molar refractivity (Wildman–Crippen MR) is 103 cm³/mol. The highest BCUT2D eigenvalue weighted by Crippen LogP contribution is 2.10. The van der Waals surface area contributed by atoms with Crippen LogP contribution in [0.5, 0.6) is 0 Å². The van der Waals surface area contributed by atoms with Crippen LogP contribution in [0.2, 0.25) is 0 Å². The third-order valence-corrected chi connectivity index (χ3v) is 3.93. The second-order valence-electron chi connectivity index (χ2n) is 7.67. The lowest BCUT2D eigenvalue weighted by atomic mass is 10.00. The fourth-order valence-corrected chi connectivity index (χ4v) is 3.07. The second-order valence-corrected chi connectivity index (χ2v) is 7.67. The molecular formula is C20H32N2O6. The number of hydrogen-bond donors (Lipinski definition) is 2. The summed E-state index contributed by atoms with van der Waals surface area (Å²) in [5.41, 5.74) is 0. The summed E-state index contributed by atoms with van der Waals surface area (Å²) in [5, 5.41) is 5.31. The van der Waals surface area contributed by atoms with Crippen molar-refractivity contribution in [3.05, 3.63) is 0 Å². The van der Waals surface area contributed by atoms with Gasteiger partial charge in [0, 0.05) is 50.6 Å². The Hall–Kier alpha value is -2.38. The first-order chi connectivity index (χ1) is 12.9. The molecule has 2 N–H and O–H groups in total. The average molecular weight is 396 g/mol. The van der Waals surface area contributed by atoms with Crippen molar-refractivity contribution in [2.24, 2.45) is 5.92 Å². The molecule has 2 atom stereocenters. The molecule has 0 saturated heterocycles. The van der Waals surface area contributed by atoms with E-state index in [-0.39, 0.29) is 73.5 Å². The predicted octanol–water partition coefficient (Wildman–Crippen LogP) is 1.29. The Morgan fingerprint density at radius 1 is 0.536 bits per heavy atom. The Labute approximate surface area is 166 Å².